The molecule has 0 aromatic rings. The fourth-order valence-electron chi connectivity index (χ4n) is 1.46. The van der Waals surface area contributed by atoms with Gasteiger partial charge in [0.05, 0.1) is 32.9 Å². The van der Waals surface area contributed by atoms with Gasteiger partial charge >= 0.3 is 174 Å². The molecule has 0 amide bonds. The molecule has 0 aliphatic heterocycles. The molecule has 0 fully saturated rings. The number of carboxylic acid groups (broad SMARTS) is 4. The summed E-state index contributed by atoms with van der Waals surface area (Å²) >= 11 is 0. The number of nitrogens with zero attached hydrogens (tertiary/aromatic N) is 2. The smallest absolute Gasteiger partial charge is 0.790 e. The molecule has 0 aromatic heterocycles. The summed E-state index contributed by atoms with van der Waals surface area (Å²) in [4.78, 5) is 68.2. The van der Waals surface area contributed by atoms with Crippen molar-refractivity contribution in [1.82, 2.24) is 9.80 Å². The van der Waals surface area contributed by atoms with Crippen molar-refractivity contribution in [3.8, 4) is 0 Å². The zero-order valence-corrected chi connectivity index (χ0v) is 27.7. The van der Waals surface area contributed by atoms with E-state index in [0.717, 1.165) is 9.80 Å². The molecular weight excluding hydrogens is 495 g/mol. The normalized spacial score (nSPS) is 9.41. The van der Waals surface area contributed by atoms with Gasteiger partial charge in [-0.2, -0.15) is 0 Å². The van der Waals surface area contributed by atoms with Crippen molar-refractivity contribution in [2.45, 2.75) is 0 Å². The summed E-state index contributed by atoms with van der Waals surface area (Å²) in [6.45, 7) is -2.75. The van der Waals surface area contributed by atoms with Crippen LogP contribution in [0.5, 0.6) is 0 Å². The summed E-state index contributed by atoms with van der Waals surface area (Å²) < 4.78 is 8.66. The zero-order chi connectivity index (χ0) is 20.2. The van der Waals surface area contributed by atoms with Gasteiger partial charge in [0.15, 0.2) is 0 Å². The van der Waals surface area contributed by atoms with Crippen LogP contribution in [0.15, 0.2) is 0 Å². The van der Waals surface area contributed by atoms with Crippen LogP contribution >= 0.6 is 7.82 Å². The molecule has 0 heterocycles. The van der Waals surface area contributed by atoms with Crippen molar-refractivity contribution in [2.75, 3.05) is 39.3 Å². The molecule has 0 unspecified atom stereocenters. The van der Waals surface area contributed by atoms with Gasteiger partial charge in [-0.15, -0.1) is 0 Å². The first-order valence-corrected chi connectivity index (χ1v) is 7.73. The van der Waals surface area contributed by atoms with Gasteiger partial charge in [-0.25, -0.2) is 0 Å². The predicted molar refractivity (Wildman–Crippen MR) is 68.0 cm³/mol. The molecule has 0 rings (SSSR count). The molecule has 0 aliphatic carbocycles. The molecule has 0 saturated heterocycles. The van der Waals surface area contributed by atoms with Gasteiger partial charge in [-0.05, 0) is 0 Å². The maximum atomic E-state index is 10.5. The average molecular weight is 510 g/mol. The standard InChI is InChI=1S/C10H16N2O8.2K.2Na.H3O4P/c13-7(14)3-11(4-8(15)16)1-2-12(5-9(17)18)6-10(19)20;;;;;1-5(2,3)4/h1-6H2,(H,13,14)(H,15,16)(H,17,18)(H,19,20);;;;;(H3,1,2,3,4)/q;4*+1;/p-4. The Morgan fingerprint density at radius 1 is 0.724 bits per heavy atom. The molecule has 29 heavy (non-hydrogen) atoms. The van der Waals surface area contributed by atoms with E-state index in [2.05, 4.69) is 0 Å². The van der Waals surface area contributed by atoms with E-state index < -0.39 is 57.9 Å². The first kappa shape index (κ1) is 45.6. The largest absolute Gasteiger partial charge is 1.00 e. The van der Waals surface area contributed by atoms with Crippen LogP contribution in [0.25, 0.3) is 0 Å². The van der Waals surface area contributed by atoms with Crippen molar-refractivity contribution < 1.29 is 221 Å². The van der Waals surface area contributed by atoms with Crippen LogP contribution in [0.1, 0.15) is 0 Å². The Hall–Kier alpha value is 3.18. The molecule has 19 heteroatoms. The van der Waals surface area contributed by atoms with Gasteiger partial charge in [0.2, 0.25) is 0 Å². The minimum absolute atomic E-state index is 0. The zero-order valence-electron chi connectivity index (χ0n) is 16.6. The molecule has 0 spiro atoms. The number of rotatable bonds is 11. The van der Waals surface area contributed by atoms with Crippen molar-refractivity contribution in [2.24, 2.45) is 0 Å². The molecule has 0 bridgehead atoms. The Kier molecular flexibility index (Phi) is 40.6. The average Bonchev–Trinajstić information content (AvgIpc) is 2.30. The van der Waals surface area contributed by atoms with E-state index in [1.807, 2.05) is 0 Å². The minimum atomic E-state index is -5.14. The molecule has 0 radical (unpaired) electrons. The minimum Gasteiger partial charge on any atom is -0.790 e. The number of carbonyl (C=O) groups excluding carboxylic acids is 2. The van der Waals surface area contributed by atoms with E-state index in [1.54, 1.807) is 0 Å². The van der Waals surface area contributed by atoms with E-state index in [-0.39, 0.29) is 175 Å². The third-order valence-corrected chi connectivity index (χ3v) is 2.16. The molecule has 0 aromatic carbocycles. The van der Waals surface area contributed by atoms with Gasteiger partial charge < -0.3 is 49.3 Å². The third-order valence-electron chi connectivity index (χ3n) is 2.16. The molecule has 146 valence electrons. The number of hydrogen-bond acceptors (Lipinski definition) is 11. The van der Waals surface area contributed by atoms with E-state index >= 15 is 0 Å². The fourth-order valence-corrected chi connectivity index (χ4v) is 1.46. The first-order valence-electron chi connectivity index (χ1n) is 6.23. The van der Waals surface area contributed by atoms with Gasteiger partial charge in [-0.1, -0.05) is 0 Å². The summed E-state index contributed by atoms with van der Waals surface area (Å²) in [5.41, 5.74) is 0. The molecular formula is C10H15K2N2Na2O12P. The van der Waals surface area contributed by atoms with Gasteiger partial charge in [0, 0.05) is 26.2 Å². The number of phosphoric acid groups is 1. The van der Waals surface area contributed by atoms with Crippen molar-refractivity contribution in [1.29, 1.82) is 0 Å². The molecule has 0 saturated carbocycles. The summed E-state index contributed by atoms with van der Waals surface area (Å²) in [5.74, 6) is -5.52. The fraction of sp³-hybridized carbons (Fsp3) is 0.600. The Labute approximate surface area is 295 Å². The van der Waals surface area contributed by atoms with E-state index in [4.69, 9.17) is 29.5 Å². The first-order chi connectivity index (χ1) is 11.2. The summed E-state index contributed by atoms with van der Waals surface area (Å²) in [7, 11) is -5.14. The van der Waals surface area contributed by atoms with Crippen LogP contribution < -0.4 is 182 Å². The molecule has 0 atom stereocenters. The monoisotopic (exact) mass is 510 g/mol. The second-order valence-corrected chi connectivity index (χ2v) is 5.36. The van der Waals surface area contributed by atoms with Gasteiger partial charge in [0.25, 0.3) is 0 Å². The Morgan fingerprint density at radius 3 is 1.10 bits per heavy atom. The molecule has 0 aliphatic rings. The number of carbonyl (C=O) groups is 4. The number of carboxylic acids is 4. The second kappa shape index (κ2) is 25.8. The Balaban J connectivity index is -0.000000131. The summed E-state index contributed by atoms with van der Waals surface area (Å²) in [6, 6.07) is 0. The number of aliphatic carboxylic acids is 4. The van der Waals surface area contributed by atoms with Crippen molar-refractivity contribution >= 4 is 31.7 Å². The van der Waals surface area contributed by atoms with Crippen molar-refractivity contribution in [3.63, 3.8) is 0 Å². The van der Waals surface area contributed by atoms with Crippen LogP contribution in [0, 0.1) is 0 Å². The van der Waals surface area contributed by atoms with Gasteiger partial charge in [0.1, 0.15) is 0 Å². The van der Waals surface area contributed by atoms with E-state index in [1.165, 1.54) is 0 Å². The van der Waals surface area contributed by atoms with Crippen molar-refractivity contribution in [3.05, 3.63) is 0 Å². The van der Waals surface area contributed by atoms with Crippen LogP contribution in [0.2, 0.25) is 0 Å². The Morgan fingerprint density at radius 2 is 0.931 bits per heavy atom. The maximum Gasteiger partial charge on any atom is 1.00 e. The predicted octanol–water partition coefficient (Wildman–Crippen LogP) is -18.9. The third kappa shape index (κ3) is 45.4. The number of hydrogen-bond donors (Lipinski definition) is 3. The van der Waals surface area contributed by atoms with Crippen LogP contribution in [-0.4, -0.2) is 88.1 Å². The van der Waals surface area contributed by atoms with Crippen LogP contribution in [0.3, 0.4) is 0 Å². The quantitative estimate of drug-likeness (QED) is 0.173. The van der Waals surface area contributed by atoms with Crippen LogP contribution in [-0.2, 0) is 23.7 Å². The van der Waals surface area contributed by atoms with Crippen LogP contribution in [0.4, 0.5) is 0 Å². The second-order valence-electron chi connectivity index (χ2n) is 4.42. The molecule has 3 N–H and O–H groups in total. The van der Waals surface area contributed by atoms with E-state index in [0.29, 0.717) is 0 Å². The summed E-state index contributed by atoms with van der Waals surface area (Å²) in [6.07, 6.45) is 0. The topological polar surface area (TPSA) is 245 Å². The summed E-state index contributed by atoms with van der Waals surface area (Å²) in [5, 5.41) is 38.0. The Bertz CT molecular complexity index is 463. The SMILES string of the molecule is O=C([O-])CN(CCN(CC(=O)O)CC(=O)O)CC(=O)[O-].O=P([O-])([O-])O.[K+].[K+].[Na+].[Na+]. The van der Waals surface area contributed by atoms with Gasteiger partial charge in [-0.3, -0.25) is 19.4 Å². The maximum absolute atomic E-state index is 10.5. The van der Waals surface area contributed by atoms with E-state index in [9.17, 15) is 29.4 Å². The molecule has 14 nitrogen and oxygen atoms in total.